The third-order valence-electron chi connectivity index (χ3n) is 7.63. The van der Waals surface area contributed by atoms with Crippen LogP contribution in [0.25, 0.3) is 0 Å². The molecule has 2 atom stereocenters. The normalized spacial score (nSPS) is 16.6. The van der Waals surface area contributed by atoms with E-state index in [9.17, 15) is 9.90 Å². The highest BCUT2D eigenvalue weighted by molar-refractivity contribution is 5.75. The highest BCUT2D eigenvalue weighted by Crippen LogP contribution is 2.39. The predicted octanol–water partition coefficient (Wildman–Crippen LogP) is 6.34. The number of aliphatic carboxylic acids is 1. The van der Waals surface area contributed by atoms with Crippen LogP contribution in [0.1, 0.15) is 67.0 Å². The van der Waals surface area contributed by atoms with Gasteiger partial charge in [0.2, 0.25) is 0 Å². The number of rotatable bonds is 8. The molecule has 0 fully saturated rings. The second-order valence-electron chi connectivity index (χ2n) is 11.2. The van der Waals surface area contributed by atoms with E-state index in [1.807, 2.05) is 38.1 Å². The Kier molecular flexibility index (Phi) is 8.02. The van der Waals surface area contributed by atoms with Crippen molar-refractivity contribution in [1.29, 1.82) is 0 Å². The van der Waals surface area contributed by atoms with Gasteiger partial charge in [-0.3, -0.25) is 9.69 Å². The van der Waals surface area contributed by atoms with Gasteiger partial charge in [0.15, 0.2) is 0 Å². The zero-order valence-corrected chi connectivity index (χ0v) is 23.5. The fraction of sp³-hybridized carbons (Fsp3) is 0.406. The lowest BCUT2D eigenvalue weighted by atomic mass is 9.78. The van der Waals surface area contributed by atoms with Crippen molar-refractivity contribution in [2.24, 2.45) is 5.92 Å². The van der Waals surface area contributed by atoms with Crippen LogP contribution < -0.4 is 15.8 Å². The molecule has 0 bridgehead atoms. The third kappa shape index (κ3) is 5.81. The van der Waals surface area contributed by atoms with Crippen LogP contribution in [0.4, 0.5) is 11.4 Å². The van der Waals surface area contributed by atoms with Gasteiger partial charge in [0.05, 0.1) is 17.3 Å². The molecule has 0 amide bonds. The molecule has 0 spiro atoms. The number of nitrogens with zero attached hydrogens (tertiary/aromatic N) is 1. The molecule has 6 heteroatoms. The van der Waals surface area contributed by atoms with Crippen molar-refractivity contribution in [3.63, 3.8) is 0 Å². The number of ether oxygens (including phenoxy) is 1. The van der Waals surface area contributed by atoms with Crippen molar-refractivity contribution in [2.75, 3.05) is 24.1 Å². The zero-order chi connectivity index (χ0) is 27.6. The van der Waals surface area contributed by atoms with Gasteiger partial charge in [-0.2, -0.15) is 0 Å². The number of carboxylic acids is 1. The second kappa shape index (κ2) is 11.1. The summed E-state index contributed by atoms with van der Waals surface area (Å²) in [6, 6.07) is 18.6. The van der Waals surface area contributed by atoms with Crippen molar-refractivity contribution >= 4 is 17.3 Å². The minimum absolute atomic E-state index is 0.325. The van der Waals surface area contributed by atoms with Gasteiger partial charge in [-0.25, -0.2) is 0 Å². The molecule has 202 valence electrons. The maximum Gasteiger partial charge on any atom is 0.307 e. The molecule has 4 rings (SSSR count). The lowest BCUT2D eigenvalue weighted by Gasteiger charge is -2.30. The van der Waals surface area contributed by atoms with E-state index in [4.69, 9.17) is 10.5 Å². The second-order valence-corrected chi connectivity index (χ2v) is 11.2. The molecule has 2 unspecified atom stereocenters. The van der Waals surface area contributed by atoms with Crippen molar-refractivity contribution in [3.8, 4) is 5.75 Å². The molecule has 0 saturated carbocycles. The van der Waals surface area contributed by atoms with Crippen LogP contribution in [0.15, 0.2) is 54.6 Å². The summed E-state index contributed by atoms with van der Waals surface area (Å²) >= 11 is 0. The molecule has 0 radical (unpaired) electrons. The van der Waals surface area contributed by atoms with Crippen LogP contribution >= 0.6 is 0 Å². The Morgan fingerprint density at radius 1 is 1.16 bits per heavy atom. The maximum absolute atomic E-state index is 12.3. The number of fused-ring (bicyclic) bond motifs is 1. The van der Waals surface area contributed by atoms with Gasteiger partial charge in [-0.1, -0.05) is 49.4 Å². The highest BCUT2D eigenvalue weighted by Gasteiger charge is 2.31. The third-order valence-corrected chi connectivity index (χ3v) is 7.63. The Labute approximate surface area is 226 Å². The van der Waals surface area contributed by atoms with E-state index < -0.39 is 11.9 Å². The summed E-state index contributed by atoms with van der Waals surface area (Å²) in [6.45, 7) is 15.3. The van der Waals surface area contributed by atoms with E-state index in [1.54, 1.807) is 6.92 Å². The van der Waals surface area contributed by atoms with Crippen molar-refractivity contribution in [2.45, 2.75) is 66.2 Å². The number of aryl methyl sites for hydroxylation is 1. The van der Waals surface area contributed by atoms with Crippen LogP contribution in [0, 0.1) is 19.8 Å². The number of hydrogen-bond donors (Lipinski definition) is 3. The standard InChI is InChI=1S/C32H41N3O3/c1-7-34-27-15-14-26(21(3)30(27)33)29(22(4)31(36)37)23-13-12-20(2)25(16-23)18-35-17-24-10-8-9-11-28(24)38-32(5,6)19-35/h8-16,22,29,34H,7,17-19,33H2,1-6H3,(H,36,37). The van der Waals surface area contributed by atoms with Crippen LogP contribution in [-0.4, -0.2) is 34.7 Å². The minimum atomic E-state index is -0.825. The van der Waals surface area contributed by atoms with E-state index in [2.05, 4.69) is 61.3 Å². The number of anilines is 2. The molecular formula is C32H41N3O3. The number of benzene rings is 3. The monoisotopic (exact) mass is 515 g/mol. The first-order valence-corrected chi connectivity index (χ1v) is 13.4. The SMILES string of the molecule is CCNc1ccc(C(c2ccc(C)c(CN3Cc4ccccc4OC(C)(C)C3)c2)C(C)C(=O)O)c(C)c1N. The van der Waals surface area contributed by atoms with Gasteiger partial charge in [0.1, 0.15) is 11.4 Å². The molecule has 38 heavy (non-hydrogen) atoms. The largest absolute Gasteiger partial charge is 0.486 e. The fourth-order valence-electron chi connectivity index (χ4n) is 5.61. The van der Waals surface area contributed by atoms with Crippen LogP contribution in [-0.2, 0) is 17.9 Å². The summed E-state index contributed by atoms with van der Waals surface area (Å²) in [6.07, 6.45) is 0. The number of carbonyl (C=O) groups is 1. The first-order valence-electron chi connectivity index (χ1n) is 13.4. The van der Waals surface area contributed by atoms with Crippen LogP contribution in [0.3, 0.4) is 0 Å². The summed E-state index contributed by atoms with van der Waals surface area (Å²) in [5, 5.41) is 13.4. The minimum Gasteiger partial charge on any atom is -0.486 e. The average Bonchev–Trinajstić information content (AvgIpc) is 2.99. The summed E-state index contributed by atoms with van der Waals surface area (Å²) < 4.78 is 6.35. The fourth-order valence-corrected chi connectivity index (χ4v) is 5.61. The topological polar surface area (TPSA) is 87.8 Å². The van der Waals surface area contributed by atoms with Gasteiger partial charge in [0.25, 0.3) is 0 Å². The molecule has 0 aromatic heterocycles. The molecule has 1 aliphatic rings. The summed E-state index contributed by atoms with van der Waals surface area (Å²) in [5.41, 5.74) is 14.1. The Balaban J connectivity index is 1.73. The molecule has 1 aliphatic heterocycles. The van der Waals surface area contributed by atoms with E-state index >= 15 is 0 Å². The molecule has 4 N–H and O–H groups in total. The number of nitrogens with one attached hydrogen (secondary N) is 1. The van der Waals surface area contributed by atoms with Gasteiger partial charge in [-0.15, -0.1) is 0 Å². The van der Waals surface area contributed by atoms with E-state index in [0.29, 0.717) is 5.69 Å². The van der Waals surface area contributed by atoms with Crippen molar-refractivity contribution in [3.05, 3.63) is 88.0 Å². The molecule has 0 aliphatic carbocycles. The molecule has 3 aromatic rings. The van der Waals surface area contributed by atoms with Crippen molar-refractivity contribution in [1.82, 2.24) is 4.90 Å². The van der Waals surface area contributed by atoms with Gasteiger partial charge >= 0.3 is 5.97 Å². The van der Waals surface area contributed by atoms with Gasteiger partial charge in [0, 0.05) is 37.7 Å². The average molecular weight is 516 g/mol. The van der Waals surface area contributed by atoms with E-state index in [1.165, 1.54) is 16.7 Å². The lowest BCUT2D eigenvalue weighted by Crippen LogP contribution is -2.40. The molecule has 1 heterocycles. The number of carboxylic acid groups (broad SMARTS) is 1. The molecule has 6 nitrogen and oxygen atoms in total. The quantitative estimate of drug-likeness (QED) is 0.303. The first kappa shape index (κ1) is 27.5. The number of nitrogens with two attached hydrogens (primary N) is 1. The number of nitrogen functional groups attached to an aromatic ring is 1. The van der Waals surface area contributed by atoms with Crippen LogP contribution in [0.2, 0.25) is 0 Å². The Morgan fingerprint density at radius 2 is 1.89 bits per heavy atom. The first-order chi connectivity index (χ1) is 18.0. The van der Waals surface area contributed by atoms with Crippen LogP contribution in [0.5, 0.6) is 5.75 Å². The zero-order valence-electron chi connectivity index (χ0n) is 23.5. The van der Waals surface area contributed by atoms with E-state index in [0.717, 1.165) is 54.3 Å². The molecule has 3 aromatic carbocycles. The number of para-hydroxylation sites is 1. The predicted molar refractivity (Wildman–Crippen MR) is 155 cm³/mol. The summed E-state index contributed by atoms with van der Waals surface area (Å²) in [7, 11) is 0. The lowest BCUT2D eigenvalue weighted by molar-refractivity contribution is -0.141. The van der Waals surface area contributed by atoms with Crippen molar-refractivity contribution < 1.29 is 14.6 Å². The number of hydrogen-bond acceptors (Lipinski definition) is 5. The van der Waals surface area contributed by atoms with E-state index in [-0.39, 0.29) is 11.5 Å². The van der Waals surface area contributed by atoms with Gasteiger partial charge < -0.3 is 20.9 Å². The smallest absolute Gasteiger partial charge is 0.307 e. The Bertz CT molecular complexity index is 1320. The van der Waals surface area contributed by atoms with Gasteiger partial charge in [-0.05, 0) is 74.6 Å². The maximum atomic E-state index is 12.3. The highest BCUT2D eigenvalue weighted by atomic mass is 16.5. The summed E-state index contributed by atoms with van der Waals surface area (Å²) in [5.74, 6) is -0.829. The molecular weight excluding hydrogens is 474 g/mol. The Hall–Kier alpha value is -3.51. The summed E-state index contributed by atoms with van der Waals surface area (Å²) in [4.78, 5) is 14.7. The molecule has 0 saturated heterocycles. The Morgan fingerprint density at radius 3 is 2.61 bits per heavy atom.